The molecule has 0 fully saturated rings. The van der Waals surface area contributed by atoms with Crippen molar-refractivity contribution in [3.05, 3.63) is 48.0 Å². The molecule has 0 radical (unpaired) electrons. The number of ketones is 1. The predicted molar refractivity (Wildman–Crippen MR) is 59.7 cm³/mol. The second-order valence-corrected chi connectivity index (χ2v) is 3.47. The van der Waals surface area contributed by atoms with Crippen LogP contribution in [0.1, 0.15) is 10.4 Å². The number of hydrogen-bond donors (Lipinski definition) is 0. The summed E-state index contributed by atoms with van der Waals surface area (Å²) < 4.78 is 19.9. The average Bonchev–Trinajstić information content (AvgIpc) is 2.82. The zero-order valence-corrected chi connectivity index (χ0v) is 9.26. The number of carbonyl (C=O) groups is 1. The minimum absolute atomic E-state index is 0.0550. The Bertz CT molecular complexity index is 523. The molecular weight excluding hydrogens is 223 g/mol. The van der Waals surface area contributed by atoms with Gasteiger partial charge in [-0.3, -0.25) is 4.79 Å². The molecule has 0 aliphatic heterocycles. The third-order valence-corrected chi connectivity index (χ3v) is 2.30. The average molecular weight is 234 g/mol. The maximum Gasteiger partial charge on any atom is 0.188 e. The van der Waals surface area contributed by atoms with Crippen LogP contribution in [0.2, 0.25) is 0 Å². The van der Waals surface area contributed by atoms with Crippen molar-refractivity contribution in [2.75, 3.05) is 13.7 Å². The van der Waals surface area contributed by atoms with Gasteiger partial charge in [0, 0.05) is 25.1 Å². The third-order valence-electron chi connectivity index (χ3n) is 2.30. The van der Waals surface area contributed by atoms with Gasteiger partial charge in [-0.05, 0) is 24.3 Å². The highest BCUT2D eigenvalue weighted by molar-refractivity contribution is 5.97. The second-order valence-electron chi connectivity index (χ2n) is 3.47. The lowest BCUT2D eigenvalue weighted by atomic mass is 10.1. The van der Waals surface area contributed by atoms with E-state index < -0.39 is 5.82 Å². The first kappa shape index (κ1) is 11.5. The minimum atomic E-state index is -0.490. The van der Waals surface area contributed by atoms with E-state index in [1.54, 1.807) is 24.5 Å². The number of Topliss-reactive ketones (excluding diaryl/α,β-unsaturated/α-hetero) is 1. The van der Waals surface area contributed by atoms with Gasteiger partial charge in [-0.1, -0.05) is 0 Å². The Balaban J connectivity index is 2.32. The van der Waals surface area contributed by atoms with Crippen LogP contribution in [0.3, 0.4) is 0 Å². The van der Waals surface area contributed by atoms with E-state index in [9.17, 15) is 9.18 Å². The van der Waals surface area contributed by atoms with Crippen LogP contribution in [-0.2, 0) is 4.74 Å². The minimum Gasteiger partial charge on any atom is -0.377 e. The molecule has 5 heteroatoms. The molecule has 0 N–H and O–H groups in total. The van der Waals surface area contributed by atoms with Crippen LogP contribution >= 0.6 is 0 Å². The molecule has 0 unspecified atom stereocenters. The highest BCUT2D eigenvalue weighted by Crippen LogP contribution is 2.14. The molecule has 1 heterocycles. The highest BCUT2D eigenvalue weighted by Gasteiger charge is 2.10. The smallest absolute Gasteiger partial charge is 0.188 e. The van der Waals surface area contributed by atoms with Crippen molar-refractivity contribution in [1.29, 1.82) is 0 Å². The Morgan fingerprint density at radius 2 is 2.35 bits per heavy atom. The predicted octanol–water partition coefficient (Wildman–Crippen LogP) is 1.84. The van der Waals surface area contributed by atoms with Crippen LogP contribution in [0.5, 0.6) is 0 Å². The van der Waals surface area contributed by atoms with E-state index in [-0.39, 0.29) is 12.4 Å². The fraction of sp³-hybridized carbons (Fsp3) is 0.167. The Morgan fingerprint density at radius 3 is 2.94 bits per heavy atom. The van der Waals surface area contributed by atoms with Gasteiger partial charge in [-0.25, -0.2) is 9.07 Å². The third kappa shape index (κ3) is 2.39. The number of carbonyl (C=O) groups excluding carboxylic acids is 1. The van der Waals surface area contributed by atoms with Crippen molar-refractivity contribution < 1.29 is 13.9 Å². The highest BCUT2D eigenvalue weighted by atomic mass is 19.1. The van der Waals surface area contributed by atoms with E-state index >= 15 is 0 Å². The lowest BCUT2D eigenvalue weighted by Gasteiger charge is -2.05. The van der Waals surface area contributed by atoms with Crippen molar-refractivity contribution in [1.82, 2.24) is 9.78 Å². The number of hydrogen-bond acceptors (Lipinski definition) is 3. The van der Waals surface area contributed by atoms with Crippen molar-refractivity contribution in [2.24, 2.45) is 0 Å². The first-order chi connectivity index (χ1) is 8.22. The summed E-state index contributed by atoms with van der Waals surface area (Å²) >= 11 is 0. The van der Waals surface area contributed by atoms with Crippen molar-refractivity contribution in [2.45, 2.75) is 0 Å². The van der Waals surface area contributed by atoms with E-state index in [2.05, 4.69) is 5.10 Å². The van der Waals surface area contributed by atoms with Crippen LogP contribution < -0.4 is 0 Å². The SMILES string of the molecule is COCC(=O)c1ccc(-n2cccn2)c(F)c1. The van der Waals surface area contributed by atoms with E-state index in [0.29, 0.717) is 11.3 Å². The van der Waals surface area contributed by atoms with Crippen LogP contribution in [0, 0.1) is 5.82 Å². The topological polar surface area (TPSA) is 44.1 Å². The van der Waals surface area contributed by atoms with Gasteiger partial charge in [0.15, 0.2) is 5.78 Å². The lowest BCUT2D eigenvalue weighted by Crippen LogP contribution is -2.08. The molecule has 0 spiro atoms. The Labute approximate surface area is 97.6 Å². The summed E-state index contributed by atoms with van der Waals surface area (Å²) in [5.74, 6) is -0.742. The van der Waals surface area contributed by atoms with Crippen molar-refractivity contribution in [3.63, 3.8) is 0 Å². The number of ether oxygens (including phenoxy) is 1. The van der Waals surface area contributed by atoms with E-state index in [1.807, 2.05) is 0 Å². The summed E-state index contributed by atoms with van der Waals surface area (Å²) in [7, 11) is 1.42. The zero-order chi connectivity index (χ0) is 12.3. The molecule has 4 nitrogen and oxygen atoms in total. The fourth-order valence-corrected chi connectivity index (χ4v) is 1.49. The van der Waals surface area contributed by atoms with E-state index in [0.717, 1.165) is 0 Å². The number of benzene rings is 1. The van der Waals surface area contributed by atoms with Gasteiger partial charge in [0.05, 0.1) is 0 Å². The van der Waals surface area contributed by atoms with Crippen molar-refractivity contribution in [3.8, 4) is 5.69 Å². The maximum atomic E-state index is 13.8. The molecule has 0 saturated heterocycles. The summed E-state index contributed by atoms with van der Waals surface area (Å²) in [6, 6.07) is 5.97. The van der Waals surface area contributed by atoms with Crippen LogP contribution in [0.4, 0.5) is 4.39 Å². The summed E-state index contributed by atoms with van der Waals surface area (Å²) in [6.45, 7) is -0.0550. The quantitative estimate of drug-likeness (QED) is 0.758. The molecule has 0 bridgehead atoms. The Morgan fingerprint density at radius 1 is 1.53 bits per heavy atom. The number of aromatic nitrogens is 2. The number of rotatable bonds is 4. The molecule has 17 heavy (non-hydrogen) atoms. The van der Waals surface area contributed by atoms with E-state index in [1.165, 1.54) is 23.9 Å². The summed E-state index contributed by atoms with van der Waals surface area (Å²) in [5, 5.41) is 3.93. The van der Waals surface area contributed by atoms with Gasteiger partial charge in [-0.2, -0.15) is 5.10 Å². The van der Waals surface area contributed by atoms with E-state index in [4.69, 9.17) is 4.74 Å². The standard InChI is InChI=1S/C12H11FN2O2/c1-17-8-12(16)9-3-4-11(10(13)7-9)15-6-2-5-14-15/h2-7H,8H2,1H3. The van der Waals surface area contributed by atoms with Gasteiger partial charge >= 0.3 is 0 Å². The molecule has 0 amide bonds. The second kappa shape index (κ2) is 4.88. The van der Waals surface area contributed by atoms with Gasteiger partial charge in [-0.15, -0.1) is 0 Å². The van der Waals surface area contributed by atoms with Gasteiger partial charge in [0.2, 0.25) is 0 Å². The first-order valence-electron chi connectivity index (χ1n) is 5.04. The lowest BCUT2D eigenvalue weighted by molar-refractivity contribution is 0.0847. The Kier molecular flexibility index (Phi) is 3.30. The molecule has 0 aliphatic carbocycles. The molecule has 0 atom stereocenters. The number of methoxy groups -OCH3 is 1. The summed E-state index contributed by atoms with van der Waals surface area (Å²) in [4.78, 5) is 11.5. The van der Waals surface area contributed by atoms with Crippen LogP contribution in [0.25, 0.3) is 5.69 Å². The van der Waals surface area contributed by atoms with Crippen LogP contribution in [0.15, 0.2) is 36.7 Å². The number of nitrogens with zero attached hydrogens (tertiary/aromatic N) is 2. The number of halogens is 1. The summed E-state index contributed by atoms with van der Waals surface area (Å²) in [5.41, 5.74) is 0.601. The molecule has 1 aromatic carbocycles. The molecule has 0 saturated carbocycles. The molecule has 88 valence electrons. The first-order valence-corrected chi connectivity index (χ1v) is 5.04. The zero-order valence-electron chi connectivity index (χ0n) is 9.26. The largest absolute Gasteiger partial charge is 0.377 e. The Hall–Kier alpha value is -2.01. The summed E-state index contributed by atoms with van der Waals surface area (Å²) in [6.07, 6.45) is 3.19. The molecule has 2 rings (SSSR count). The van der Waals surface area contributed by atoms with Crippen LogP contribution in [-0.4, -0.2) is 29.3 Å². The van der Waals surface area contributed by atoms with Gasteiger partial charge in [0.1, 0.15) is 18.1 Å². The monoisotopic (exact) mass is 234 g/mol. The molecule has 2 aromatic rings. The van der Waals surface area contributed by atoms with Gasteiger partial charge in [0.25, 0.3) is 0 Å². The maximum absolute atomic E-state index is 13.8. The van der Waals surface area contributed by atoms with Gasteiger partial charge < -0.3 is 4.74 Å². The normalized spacial score (nSPS) is 10.5. The van der Waals surface area contributed by atoms with Crippen molar-refractivity contribution >= 4 is 5.78 Å². The molecule has 0 aliphatic rings. The molecular formula is C12H11FN2O2. The fourth-order valence-electron chi connectivity index (χ4n) is 1.49. The molecule has 1 aromatic heterocycles.